The number of rotatable bonds is 6. The first-order valence-electron chi connectivity index (χ1n) is 7.06. The number of nitrogens with one attached hydrogen (secondary N) is 1. The van der Waals surface area contributed by atoms with Crippen molar-refractivity contribution in [3.05, 3.63) is 38.3 Å². The summed E-state index contributed by atoms with van der Waals surface area (Å²) in [7, 11) is 1.98. The van der Waals surface area contributed by atoms with Crippen LogP contribution in [0.25, 0.3) is 0 Å². The van der Waals surface area contributed by atoms with Crippen molar-refractivity contribution in [1.29, 1.82) is 0 Å². The summed E-state index contributed by atoms with van der Waals surface area (Å²) in [5.74, 6) is 0. The minimum Gasteiger partial charge on any atom is -0.309 e. The van der Waals surface area contributed by atoms with Crippen molar-refractivity contribution < 1.29 is 0 Å². The van der Waals surface area contributed by atoms with Gasteiger partial charge in [0.2, 0.25) is 0 Å². The minimum absolute atomic E-state index is 0.303. The van der Waals surface area contributed by atoms with Crippen LogP contribution in [-0.4, -0.2) is 16.3 Å². The van der Waals surface area contributed by atoms with Gasteiger partial charge in [-0.25, -0.2) is 0 Å². The molecule has 0 fully saturated rings. The summed E-state index contributed by atoms with van der Waals surface area (Å²) in [6.45, 7) is 7.33. The third kappa shape index (κ3) is 3.08. The summed E-state index contributed by atoms with van der Waals surface area (Å²) in [5.41, 5.74) is 3.44. The van der Waals surface area contributed by atoms with Gasteiger partial charge in [0.15, 0.2) is 0 Å². The van der Waals surface area contributed by atoms with Crippen LogP contribution in [0.4, 0.5) is 0 Å². The molecular weight excluding hydrogens is 290 g/mol. The van der Waals surface area contributed by atoms with Crippen molar-refractivity contribution in [2.75, 3.05) is 6.54 Å². The fraction of sp³-hybridized carbons (Fsp3) is 0.533. The lowest BCUT2D eigenvalue weighted by Gasteiger charge is -2.18. The highest BCUT2D eigenvalue weighted by atomic mass is 35.5. The Balaban J connectivity index is 2.29. The average molecular weight is 312 g/mol. The van der Waals surface area contributed by atoms with Crippen LogP contribution in [0, 0.1) is 6.92 Å². The van der Waals surface area contributed by atoms with Crippen LogP contribution in [0.3, 0.4) is 0 Å². The largest absolute Gasteiger partial charge is 0.309 e. The van der Waals surface area contributed by atoms with E-state index in [2.05, 4.69) is 42.6 Å². The SMILES string of the molecule is CCNC(Cc1c(Cl)c(CC)nn1C)c1sccc1C. The lowest BCUT2D eigenvalue weighted by atomic mass is 10.1. The van der Waals surface area contributed by atoms with Crippen molar-refractivity contribution >= 4 is 22.9 Å². The molecule has 0 radical (unpaired) electrons. The van der Waals surface area contributed by atoms with Crippen molar-refractivity contribution in [2.45, 2.75) is 39.7 Å². The Bertz CT molecular complexity index is 574. The molecule has 0 aliphatic heterocycles. The standard InChI is InChI=1S/C15H22ClN3S/c1-5-11-14(16)13(19(4)18-11)9-12(17-6-2)15-10(3)7-8-20-15/h7-8,12,17H,5-6,9H2,1-4H3. The van der Waals surface area contributed by atoms with E-state index in [1.807, 2.05) is 11.7 Å². The molecule has 2 heterocycles. The quantitative estimate of drug-likeness (QED) is 0.877. The summed E-state index contributed by atoms with van der Waals surface area (Å²) in [6.07, 6.45) is 1.74. The molecule has 0 aromatic carbocycles. The second-order valence-electron chi connectivity index (χ2n) is 4.97. The normalized spacial score (nSPS) is 12.8. The molecule has 0 aliphatic rings. The Morgan fingerprint density at radius 1 is 1.45 bits per heavy atom. The van der Waals surface area contributed by atoms with E-state index < -0.39 is 0 Å². The Labute approximate surface area is 130 Å². The van der Waals surface area contributed by atoms with E-state index in [-0.39, 0.29) is 0 Å². The van der Waals surface area contributed by atoms with Crippen LogP contribution in [0.5, 0.6) is 0 Å². The van der Waals surface area contributed by atoms with Gasteiger partial charge in [0.25, 0.3) is 0 Å². The summed E-state index contributed by atoms with van der Waals surface area (Å²) in [4.78, 5) is 1.39. The zero-order valence-corrected chi connectivity index (χ0v) is 14.1. The van der Waals surface area contributed by atoms with E-state index in [1.165, 1.54) is 10.4 Å². The fourth-order valence-corrected chi connectivity index (χ4v) is 3.85. The number of aromatic nitrogens is 2. The smallest absolute Gasteiger partial charge is 0.0850 e. The topological polar surface area (TPSA) is 29.9 Å². The van der Waals surface area contributed by atoms with Gasteiger partial charge in [-0.05, 0) is 36.9 Å². The Morgan fingerprint density at radius 2 is 2.20 bits per heavy atom. The Morgan fingerprint density at radius 3 is 2.70 bits per heavy atom. The molecule has 0 amide bonds. The van der Waals surface area contributed by atoms with Gasteiger partial charge in [-0.2, -0.15) is 5.10 Å². The lowest BCUT2D eigenvalue weighted by Crippen LogP contribution is -2.23. The highest BCUT2D eigenvalue weighted by Crippen LogP contribution is 2.30. The molecule has 0 bridgehead atoms. The first-order chi connectivity index (χ1) is 9.58. The zero-order chi connectivity index (χ0) is 14.7. The number of hydrogen-bond donors (Lipinski definition) is 1. The first kappa shape index (κ1) is 15.5. The summed E-state index contributed by atoms with van der Waals surface area (Å²) in [6, 6.07) is 2.48. The molecule has 0 aliphatic carbocycles. The number of aryl methyl sites for hydroxylation is 3. The second kappa shape index (κ2) is 6.74. The monoisotopic (exact) mass is 311 g/mol. The zero-order valence-electron chi connectivity index (χ0n) is 12.5. The predicted molar refractivity (Wildman–Crippen MR) is 86.8 cm³/mol. The molecule has 1 unspecified atom stereocenters. The highest BCUT2D eigenvalue weighted by Gasteiger charge is 2.20. The van der Waals surface area contributed by atoms with Gasteiger partial charge in [0.1, 0.15) is 0 Å². The molecule has 1 atom stereocenters. The molecule has 0 saturated carbocycles. The van der Waals surface area contributed by atoms with E-state index in [0.29, 0.717) is 6.04 Å². The molecule has 110 valence electrons. The van der Waals surface area contributed by atoms with Crippen LogP contribution < -0.4 is 5.32 Å². The molecule has 2 aromatic heterocycles. The maximum Gasteiger partial charge on any atom is 0.0850 e. The molecule has 20 heavy (non-hydrogen) atoms. The molecule has 0 spiro atoms. The maximum absolute atomic E-state index is 6.47. The summed E-state index contributed by atoms with van der Waals surface area (Å²) < 4.78 is 1.93. The van der Waals surface area contributed by atoms with E-state index >= 15 is 0 Å². The Kier molecular flexibility index (Phi) is 5.24. The first-order valence-corrected chi connectivity index (χ1v) is 8.31. The summed E-state index contributed by atoms with van der Waals surface area (Å²) in [5, 5.41) is 11.0. The molecule has 2 rings (SSSR count). The molecule has 5 heteroatoms. The predicted octanol–water partition coefficient (Wildman–Crippen LogP) is 3.90. The minimum atomic E-state index is 0.303. The third-order valence-corrected chi connectivity index (χ3v) is 5.14. The summed E-state index contributed by atoms with van der Waals surface area (Å²) >= 11 is 8.27. The molecule has 0 saturated heterocycles. The Hall–Kier alpha value is -0.840. The van der Waals surface area contributed by atoms with Crippen LogP contribution in [0.1, 0.15) is 41.7 Å². The second-order valence-corrected chi connectivity index (χ2v) is 6.29. The van der Waals surface area contributed by atoms with Crippen LogP contribution in [-0.2, 0) is 19.9 Å². The van der Waals surface area contributed by atoms with E-state index in [9.17, 15) is 0 Å². The van der Waals surface area contributed by atoms with Crippen molar-refractivity contribution in [2.24, 2.45) is 7.05 Å². The number of thiophene rings is 1. The van der Waals surface area contributed by atoms with Gasteiger partial charge in [-0.3, -0.25) is 4.68 Å². The van der Waals surface area contributed by atoms with Crippen molar-refractivity contribution in [1.82, 2.24) is 15.1 Å². The van der Waals surface area contributed by atoms with Gasteiger partial charge < -0.3 is 5.32 Å². The van der Waals surface area contributed by atoms with Crippen molar-refractivity contribution in [3.8, 4) is 0 Å². The third-order valence-electron chi connectivity index (χ3n) is 3.57. The maximum atomic E-state index is 6.47. The number of halogens is 1. The van der Waals surface area contributed by atoms with E-state index in [0.717, 1.165) is 35.8 Å². The number of hydrogen-bond acceptors (Lipinski definition) is 3. The lowest BCUT2D eigenvalue weighted by molar-refractivity contribution is 0.534. The molecular formula is C15H22ClN3S. The van der Waals surface area contributed by atoms with Gasteiger partial charge >= 0.3 is 0 Å². The van der Waals surface area contributed by atoms with Gasteiger partial charge in [-0.1, -0.05) is 25.4 Å². The van der Waals surface area contributed by atoms with E-state index in [1.54, 1.807) is 11.3 Å². The average Bonchev–Trinajstić information content (AvgIpc) is 2.96. The van der Waals surface area contributed by atoms with Crippen LogP contribution in [0.2, 0.25) is 5.02 Å². The molecule has 2 aromatic rings. The number of nitrogens with zero attached hydrogens (tertiary/aromatic N) is 2. The van der Waals surface area contributed by atoms with Gasteiger partial charge in [0, 0.05) is 24.4 Å². The number of likely N-dealkylation sites (N-methyl/N-ethyl adjacent to an activating group) is 1. The molecule has 3 nitrogen and oxygen atoms in total. The van der Waals surface area contributed by atoms with Gasteiger partial charge in [0.05, 0.1) is 16.4 Å². The highest BCUT2D eigenvalue weighted by molar-refractivity contribution is 7.10. The molecule has 1 N–H and O–H groups in total. The van der Waals surface area contributed by atoms with Crippen molar-refractivity contribution in [3.63, 3.8) is 0 Å². The van der Waals surface area contributed by atoms with E-state index in [4.69, 9.17) is 11.6 Å². The van der Waals surface area contributed by atoms with Crippen LogP contribution in [0.15, 0.2) is 11.4 Å². The van der Waals surface area contributed by atoms with Crippen LogP contribution >= 0.6 is 22.9 Å². The fourth-order valence-electron chi connectivity index (χ4n) is 2.48. The van der Waals surface area contributed by atoms with Gasteiger partial charge in [-0.15, -0.1) is 11.3 Å².